The Kier molecular flexibility index (Phi) is 7.95. The Morgan fingerprint density at radius 3 is 2.59 bits per heavy atom. The lowest BCUT2D eigenvalue weighted by atomic mass is 10.2. The third-order valence-electron chi connectivity index (χ3n) is 4.39. The largest absolute Gasteiger partial charge is 0.486 e. The van der Waals surface area contributed by atoms with Crippen LogP contribution >= 0.6 is 0 Å². The van der Waals surface area contributed by atoms with Gasteiger partial charge >= 0.3 is 6.18 Å². The Bertz CT molecular complexity index is 745. The van der Waals surface area contributed by atoms with E-state index in [1.54, 1.807) is 24.3 Å². The Hall–Kier alpha value is -2.68. The number of carbonyl (C=O) groups excluding carboxylic acids is 1. The number of carbonyl (C=O) groups is 1. The molecule has 1 saturated heterocycles. The van der Waals surface area contributed by atoms with Gasteiger partial charge < -0.3 is 24.8 Å². The van der Waals surface area contributed by atoms with E-state index in [1.165, 1.54) is 18.9 Å². The third-order valence-corrected chi connectivity index (χ3v) is 4.39. The zero-order chi connectivity index (χ0) is 21.4. The Labute approximate surface area is 167 Å². The highest BCUT2D eigenvalue weighted by Gasteiger charge is 2.38. The van der Waals surface area contributed by atoms with Crippen molar-refractivity contribution >= 4 is 5.91 Å². The van der Waals surface area contributed by atoms with E-state index < -0.39 is 17.9 Å². The van der Waals surface area contributed by atoms with Crippen LogP contribution in [0, 0.1) is 0 Å². The van der Waals surface area contributed by atoms with E-state index in [2.05, 4.69) is 5.32 Å². The second-order valence-electron chi connectivity index (χ2n) is 6.46. The van der Waals surface area contributed by atoms with Gasteiger partial charge in [-0.1, -0.05) is 18.2 Å². The average Bonchev–Trinajstić information content (AvgIpc) is 3.14. The van der Waals surface area contributed by atoms with E-state index in [9.17, 15) is 18.0 Å². The molecule has 0 spiro atoms. The van der Waals surface area contributed by atoms with Gasteiger partial charge in [-0.2, -0.15) is 13.2 Å². The molecule has 0 radical (unpaired) electrons. The van der Waals surface area contributed by atoms with Crippen LogP contribution in [0.25, 0.3) is 0 Å². The number of rotatable bonds is 8. The van der Waals surface area contributed by atoms with E-state index in [0.29, 0.717) is 18.7 Å². The second kappa shape index (κ2) is 10.2. The molecule has 0 aromatic heterocycles. The van der Waals surface area contributed by atoms with Crippen LogP contribution in [0.4, 0.5) is 13.2 Å². The fraction of sp³-hybridized carbons (Fsp3) is 0.450. The molecule has 0 bridgehead atoms. The summed E-state index contributed by atoms with van der Waals surface area (Å²) >= 11 is 0. The van der Waals surface area contributed by atoms with Crippen molar-refractivity contribution in [3.8, 4) is 5.75 Å². The summed E-state index contributed by atoms with van der Waals surface area (Å²) in [6.07, 6.45) is -2.54. The summed E-state index contributed by atoms with van der Waals surface area (Å²) in [5, 5.41) is 11.6. The molecule has 2 N–H and O–H groups in total. The first kappa shape index (κ1) is 22.6. The normalized spacial score (nSPS) is 18.0. The molecule has 1 aliphatic rings. The van der Waals surface area contributed by atoms with Gasteiger partial charge in [0, 0.05) is 26.2 Å². The van der Waals surface area contributed by atoms with Crippen molar-refractivity contribution in [3.05, 3.63) is 53.4 Å². The number of halogens is 3. The van der Waals surface area contributed by atoms with Crippen LogP contribution in [0.2, 0.25) is 0 Å². The fourth-order valence-electron chi connectivity index (χ4n) is 2.91. The lowest BCUT2D eigenvalue weighted by Crippen LogP contribution is -2.34. The van der Waals surface area contributed by atoms with Crippen molar-refractivity contribution in [2.24, 2.45) is 0 Å². The standard InChI is InChI=1S/C20H25F3N2O4/c1-3-17(20(21,22)23)18(10-24-2)29-16-8-9-25(11-16)19(27)13-28-15-6-4-14(12-26)5-7-15/h3-7,10,16,24,26H,8-9,11-13H2,1-2H3/b17-3+,18-10+/t16-/m1/s1. The number of ether oxygens (including phenoxy) is 2. The molecule has 6 nitrogen and oxygen atoms in total. The summed E-state index contributed by atoms with van der Waals surface area (Å²) in [5.41, 5.74) is -0.140. The summed E-state index contributed by atoms with van der Waals surface area (Å²) in [6.45, 7) is 1.58. The van der Waals surface area contributed by atoms with Crippen molar-refractivity contribution in [2.75, 3.05) is 26.7 Å². The highest BCUT2D eigenvalue weighted by molar-refractivity contribution is 5.78. The van der Waals surface area contributed by atoms with Crippen LogP contribution in [0.15, 0.2) is 47.9 Å². The first-order chi connectivity index (χ1) is 13.8. The fourth-order valence-corrected chi connectivity index (χ4v) is 2.91. The van der Waals surface area contributed by atoms with Gasteiger partial charge in [0.2, 0.25) is 0 Å². The van der Waals surface area contributed by atoms with Gasteiger partial charge in [-0.25, -0.2) is 0 Å². The van der Waals surface area contributed by atoms with Gasteiger partial charge in [0.05, 0.1) is 18.7 Å². The highest BCUT2D eigenvalue weighted by atomic mass is 19.4. The highest BCUT2D eigenvalue weighted by Crippen LogP contribution is 2.33. The monoisotopic (exact) mass is 414 g/mol. The minimum atomic E-state index is -4.54. The third kappa shape index (κ3) is 6.42. The Balaban J connectivity index is 1.90. The van der Waals surface area contributed by atoms with E-state index >= 15 is 0 Å². The zero-order valence-electron chi connectivity index (χ0n) is 16.3. The number of amides is 1. The smallest absolute Gasteiger partial charge is 0.419 e. The number of nitrogens with one attached hydrogen (secondary N) is 1. The number of hydrogen-bond donors (Lipinski definition) is 2. The van der Waals surface area contributed by atoms with E-state index in [0.717, 1.165) is 17.8 Å². The van der Waals surface area contributed by atoms with E-state index in [-0.39, 0.29) is 31.4 Å². The first-order valence-corrected chi connectivity index (χ1v) is 9.16. The van der Waals surface area contributed by atoms with Gasteiger partial charge in [0.15, 0.2) is 6.61 Å². The SMILES string of the molecule is C/C=C(\C(=C/NC)O[C@@H]1CCN(C(=O)COc2ccc(CO)cc2)C1)C(F)(F)F. The van der Waals surface area contributed by atoms with Gasteiger partial charge in [-0.05, 0) is 24.6 Å². The van der Waals surface area contributed by atoms with Gasteiger partial charge in [-0.15, -0.1) is 0 Å². The zero-order valence-corrected chi connectivity index (χ0v) is 16.3. The molecule has 1 amide bonds. The number of aliphatic hydroxyl groups is 1. The average molecular weight is 414 g/mol. The number of nitrogens with zero attached hydrogens (tertiary/aromatic N) is 1. The Morgan fingerprint density at radius 1 is 1.34 bits per heavy atom. The maximum absolute atomic E-state index is 13.2. The molecule has 1 aromatic rings. The van der Waals surface area contributed by atoms with Gasteiger partial charge in [0.1, 0.15) is 17.6 Å². The number of allylic oxidation sites excluding steroid dienone is 2. The minimum Gasteiger partial charge on any atom is -0.486 e. The molecule has 1 fully saturated rings. The van der Waals surface area contributed by atoms with Crippen LogP contribution in [0.5, 0.6) is 5.75 Å². The summed E-state index contributed by atoms with van der Waals surface area (Å²) in [5.74, 6) is -0.0877. The predicted octanol–water partition coefficient (Wildman–Crippen LogP) is 2.74. The molecule has 0 aliphatic carbocycles. The van der Waals surface area contributed by atoms with E-state index in [1.807, 2.05) is 0 Å². The summed E-state index contributed by atoms with van der Waals surface area (Å²) in [7, 11) is 1.49. The molecule has 0 unspecified atom stereocenters. The van der Waals surface area contributed by atoms with Crippen molar-refractivity contribution in [1.82, 2.24) is 10.2 Å². The van der Waals surface area contributed by atoms with Crippen molar-refractivity contribution in [3.63, 3.8) is 0 Å². The van der Waals surface area contributed by atoms with Crippen molar-refractivity contribution < 1.29 is 32.5 Å². The molecule has 1 atom stereocenters. The van der Waals surface area contributed by atoms with Crippen molar-refractivity contribution in [1.29, 1.82) is 0 Å². The second-order valence-corrected chi connectivity index (χ2v) is 6.46. The molecule has 1 aromatic carbocycles. The quantitative estimate of drug-likeness (QED) is 0.506. The molecule has 1 aliphatic heterocycles. The number of likely N-dealkylation sites (tertiary alicyclic amines) is 1. The molecule has 0 saturated carbocycles. The van der Waals surface area contributed by atoms with Gasteiger partial charge in [-0.3, -0.25) is 4.79 Å². The summed E-state index contributed by atoms with van der Waals surface area (Å²) in [6, 6.07) is 6.68. The molecule has 29 heavy (non-hydrogen) atoms. The predicted molar refractivity (Wildman–Crippen MR) is 101 cm³/mol. The first-order valence-electron chi connectivity index (χ1n) is 9.16. The van der Waals surface area contributed by atoms with Crippen molar-refractivity contribution in [2.45, 2.75) is 32.2 Å². The molecule has 160 valence electrons. The molecule has 2 rings (SSSR count). The minimum absolute atomic E-state index is 0.0817. The molecular weight excluding hydrogens is 389 g/mol. The lowest BCUT2D eigenvalue weighted by Gasteiger charge is -2.21. The topological polar surface area (TPSA) is 71.0 Å². The summed E-state index contributed by atoms with van der Waals surface area (Å²) in [4.78, 5) is 13.8. The van der Waals surface area contributed by atoms with Crippen LogP contribution in [-0.4, -0.2) is 54.9 Å². The maximum atomic E-state index is 13.2. The molecule has 9 heteroatoms. The number of alkyl halides is 3. The molecular formula is C20H25F3N2O4. The van der Waals surface area contributed by atoms with Crippen LogP contribution in [0.3, 0.4) is 0 Å². The number of aliphatic hydroxyl groups excluding tert-OH is 1. The maximum Gasteiger partial charge on any atom is 0.419 e. The van der Waals surface area contributed by atoms with Crippen LogP contribution in [0.1, 0.15) is 18.9 Å². The number of hydrogen-bond acceptors (Lipinski definition) is 5. The summed E-state index contributed by atoms with van der Waals surface area (Å²) < 4.78 is 50.5. The van der Waals surface area contributed by atoms with Gasteiger partial charge in [0.25, 0.3) is 5.91 Å². The van der Waals surface area contributed by atoms with E-state index in [4.69, 9.17) is 14.6 Å². The lowest BCUT2D eigenvalue weighted by molar-refractivity contribution is -0.132. The Morgan fingerprint density at radius 2 is 2.03 bits per heavy atom. The van der Waals surface area contributed by atoms with Crippen LogP contribution in [-0.2, 0) is 16.1 Å². The molecule has 1 heterocycles. The number of benzene rings is 1. The van der Waals surface area contributed by atoms with Crippen LogP contribution < -0.4 is 10.1 Å².